The third-order valence-corrected chi connectivity index (χ3v) is 3.28. The van der Waals surface area contributed by atoms with Crippen LogP contribution in [-0.2, 0) is 4.74 Å². The molecule has 2 aromatic carbocycles. The highest BCUT2D eigenvalue weighted by Gasteiger charge is 2.17. The third-order valence-electron chi connectivity index (χ3n) is 3.28. The zero-order chi connectivity index (χ0) is 16.8. The number of hydrogen-bond donors (Lipinski definition) is 0. The van der Waals surface area contributed by atoms with Crippen molar-refractivity contribution in [2.24, 2.45) is 0 Å². The molecule has 0 spiro atoms. The molecular weight excluding hydrogens is 296 g/mol. The van der Waals surface area contributed by atoms with Gasteiger partial charge in [-0.25, -0.2) is 4.79 Å². The van der Waals surface area contributed by atoms with Crippen LogP contribution in [0.4, 0.5) is 0 Å². The van der Waals surface area contributed by atoms with Gasteiger partial charge in [-0.3, -0.25) is 4.79 Å². The van der Waals surface area contributed by atoms with Crippen LogP contribution in [0.5, 0.6) is 11.5 Å². The largest absolute Gasteiger partial charge is 0.496 e. The number of ketones is 1. The molecule has 2 aromatic rings. The molecule has 0 aliphatic rings. The number of Topliss-reactive ketones (excluding diaryl/α,β-unsaturated/α-hetero) is 1. The van der Waals surface area contributed by atoms with E-state index in [2.05, 4.69) is 4.74 Å². The number of carbonyl (C=O) groups excluding carboxylic acids is 2. The van der Waals surface area contributed by atoms with Crippen molar-refractivity contribution in [2.75, 3.05) is 20.8 Å². The topological polar surface area (TPSA) is 61.8 Å². The van der Waals surface area contributed by atoms with Gasteiger partial charge in [0.2, 0.25) is 5.78 Å². The van der Waals surface area contributed by atoms with E-state index in [1.807, 2.05) is 25.1 Å². The van der Waals surface area contributed by atoms with Gasteiger partial charge in [-0.2, -0.15) is 0 Å². The SMILES string of the molecule is COC(=O)c1ccc(OC)c(C(=O)COc2cccc(C)c2)c1. The molecule has 0 fully saturated rings. The van der Waals surface area contributed by atoms with Crippen LogP contribution in [0.2, 0.25) is 0 Å². The van der Waals surface area contributed by atoms with Gasteiger partial charge in [0.15, 0.2) is 6.61 Å². The Morgan fingerprint density at radius 2 is 1.83 bits per heavy atom. The highest BCUT2D eigenvalue weighted by Crippen LogP contribution is 2.22. The summed E-state index contributed by atoms with van der Waals surface area (Å²) in [5.41, 5.74) is 1.61. The Balaban J connectivity index is 2.18. The zero-order valence-corrected chi connectivity index (χ0v) is 13.3. The van der Waals surface area contributed by atoms with Crippen LogP contribution in [0, 0.1) is 6.92 Å². The average Bonchev–Trinajstić information content (AvgIpc) is 2.58. The summed E-state index contributed by atoms with van der Waals surface area (Å²) in [6.45, 7) is 1.79. The van der Waals surface area contributed by atoms with Crippen LogP contribution in [0.15, 0.2) is 42.5 Å². The van der Waals surface area contributed by atoms with Crippen molar-refractivity contribution in [2.45, 2.75) is 6.92 Å². The molecule has 2 rings (SSSR count). The number of benzene rings is 2. The highest BCUT2D eigenvalue weighted by molar-refractivity contribution is 6.02. The third kappa shape index (κ3) is 4.10. The van der Waals surface area contributed by atoms with Crippen molar-refractivity contribution in [3.8, 4) is 11.5 Å². The summed E-state index contributed by atoms with van der Waals surface area (Å²) in [6.07, 6.45) is 0. The van der Waals surface area contributed by atoms with E-state index in [1.165, 1.54) is 20.3 Å². The van der Waals surface area contributed by atoms with Gasteiger partial charge in [0.05, 0.1) is 25.3 Å². The van der Waals surface area contributed by atoms with E-state index in [1.54, 1.807) is 18.2 Å². The standard InChI is InChI=1S/C18H18O5/c1-12-5-4-6-14(9-12)23-11-16(19)15-10-13(18(20)22-3)7-8-17(15)21-2/h4-10H,11H2,1-3H3. The Morgan fingerprint density at radius 1 is 1.04 bits per heavy atom. The number of aryl methyl sites for hydroxylation is 1. The van der Waals surface area contributed by atoms with E-state index in [-0.39, 0.29) is 23.5 Å². The summed E-state index contributed by atoms with van der Waals surface area (Å²) >= 11 is 0. The first kappa shape index (κ1) is 16.5. The van der Waals surface area contributed by atoms with Crippen molar-refractivity contribution < 1.29 is 23.8 Å². The van der Waals surface area contributed by atoms with Gasteiger partial charge in [0.1, 0.15) is 11.5 Å². The number of carbonyl (C=O) groups is 2. The second-order valence-electron chi connectivity index (χ2n) is 4.94. The van der Waals surface area contributed by atoms with E-state index >= 15 is 0 Å². The van der Waals surface area contributed by atoms with Crippen LogP contribution in [0.25, 0.3) is 0 Å². The number of esters is 1. The minimum absolute atomic E-state index is 0.148. The summed E-state index contributed by atoms with van der Waals surface area (Å²) in [4.78, 5) is 24.0. The lowest BCUT2D eigenvalue weighted by Crippen LogP contribution is -2.14. The Hall–Kier alpha value is -2.82. The predicted molar refractivity (Wildman–Crippen MR) is 85.3 cm³/mol. The number of ether oxygens (including phenoxy) is 3. The fourth-order valence-corrected chi connectivity index (χ4v) is 2.10. The summed E-state index contributed by atoms with van der Waals surface area (Å²) < 4.78 is 15.4. The molecule has 5 heteroatoms. The molecule has 0 amide bonds. The lowest BCUT2D eigenvalue weighted by molar-refractivity contribution is 0.0600. The van der Waals surface area contributed by atoms with Gasteiger partial charge >= 0.3 is 5.97 Å². The number of methoxy groups -OCH3 is 2. The van der Waals surface area contributed by atoms with Gasteiger partial charge in [-0.1, -0.05) is 12.1 Å². The molecule has 0 aliphatic heterocycles. The summed E-state index contributed by atoms with van der Waals surface area (Å²) in [6, 6.07) is 12.0. The maximum atomic E-state index is 12.4. The quantitative estimate of drug-likeness (QED) is 0.606. The normalized spacial score (nSPS) is 10.0. The van der Waals surface area contributed by atoms with Crippen molar-refractivity contribution in [3.63, 3.8) is 0 Å². The monoisotopic (exact) mass is 314 g/mol. The number of rotatable bonds is 6. The molecule has 0 heterocycles. The maximum absolute atomic E-state index is 12.4. The Labute approximate surface area is 134 Å². The van der Waals surface area contributed by atoms with Gasteiger partial charge in [-0.15, -0.1) is 0 Å². The first-order valence-electron chi connectivity index (χ1n) is 7.04. The van der Waals surface area contributed by atoms with Crippen molar-refractivity contribution in [1.82, 2.24) is 0 Å². The summed E-state index contributed by atoms with van der Waals surface area (Å²) in [5, 5.41) is 0. The lowest BCUT2D eigenvalue weighted by atomic mass is 10.1. The van der Waals surface area contributed by atoms with Gasteiger partial charge in [-0.05, 0) is 42.8 Å². The van der Waals surface area contributed by atoms with Crippen LogP contribution in [0.1, 0.15) is 26.3 Å². The smallest absolute Gasteiger partial charge is 0.337 e. The minimum atomic E-state index is -0.513. The van der Waals surface area contributed by atoms with E-state index in [9.17, 15) is 9.59 Å². The van der Waals surface area contributed by atoms with E-state index in [0.29, 0.717) is 11.5 Å². The van der Waals surface area contributed by atoms with Crippen LogP contribution in [-0.4, -0.2) is 32.6 Å². The van der Waals surface area contributed by atoms with Crippen molar-refractivity contribution in [1.29, 1.82) is 0 Å². The predicted octanol–water partition coefficient (Wildman–Crippen LogP) is 3.05. The fourth-order valence-electron chi connectivity index (χ4n) is 2.10. The molecule has 0 aromatic heterocycles. The fraction of sp³-hybridized carbons (Fsp3) is 0.222. The lowest BCUT2D eigenvalue weighted by Gasteiger charge is -2.10. The van der Waals surface area contributed by atoms with Crippen molar-refractivity contribution in [3.05, 3.63) is 59.2 Å². The first-order valence-corrected chi connectivity index (χ1v) is 7.04. The molecule has 0 saturated carbocycles. The highest BCUT2D eigenvalue weighted by atomic mass is 16.5. The first-order chi connectivity index (χ1) is 11.0. The molecule has 0 bridgehead atoms. The second-order valence-corrected chi connectivity index (χ2v) is 4.94. The van der Waals surface area contributed by atoms with Crippen LogP contribution >= 0.6 is 0 Å². The van der Waals surface area contributed by atoms with Crippen molar-refractivity contribution >= 4 is 11.8 Å². The van der Waals surface area contributed by atoms with E-state index in [4.69, 9.17) is 9.47 Å². The zero-order valence-electron chi connectivity index (χ0n) is 13.3. The second kappa shape index (κ2) is 7.45. The Morgan fingerprint density at radius 3 is 2.48 bits per heavy atom. The van der Waals surface area contributed by atoms with E-state index in [0.717, 1.165) is 5.56 Å². The van der Waals surface area contributed by atoms with Gasteiger partial charge in [0.25, 0.3) is 0 Å². The molecule has 0 unspecified atom stereocenters. The molecular formula is C18H18O5. The average molecular weight is 314 g/mol. The minimum Gasteiger partial charge on any atom is -0.496 e. The molecule has 5 nitrogen and oxygen atoms in total. The summed E-state index contributed by atoms with van der Waals surface area (Å²) in [5.74, 6) is 0.201. The van der Waals surface area contributed by atoms with Crippen LogP contribution in [0.3, 0.4) is 0 Å². The molecule has 0 atom stereocenters. The van der Waals surface area contributed by atoms with E-state index < -0.39 is 5.97 Å². The Kier molecular flexibility index (Phi) is 5.36. The number of hydrogen-bond acceptors (Lipinski definition) is 5. The molecule has 0 aliphatic carbocycles. The molecule has 0 radical (unpaired) electrons. The molecule has 23 heavy (non-hydrogen) atoms. The molecule has 0 saturated heterocycles. The maximum Gasteiger partial charge on any atom is 0.337 e. The van der Waals surface area contributed by atoms with Crippen LogP contribution < -0.4 is 9.47 Å². The van der Waals surface area contributed by atoms with Gasteiger partial charge in [0, 0.05) is 0 Å². The Bertz CT molecular complexity index is 721. The molecule has 0 N–H and O–H groups in total. The molecule has 120 valence electrons. The van der Waals surface area contributed by atoms with Gasteiger partial charge < -0.3 is 14.2 Å². The summed E-state index contributed by atoms with van der Waals surface area (Å²) in [7, 11) is 2.75.